The molecule has 3 heteroatoms. The average Bonchev–Trinajstić information content (AvgIpc) is 2.36. The predicted octanol–water partition coefficient (Wildman–Crippen LogP) is 2.40. The summed E-state index contributed by atoms with van der Waals surface area (Å²) in [5, 5.41) is 12.1. The number of hydrogen-bond acceptors (Lipinski definition) is 2. The van der Waals surface area contributed by atoms with Crippen LogP contribution in [-0.4, -0.2) is 9.67 Å². The third kappa shape index (κ3) is 1.25. The van der Waals surface area contributed by atoms with Crippen LogP contribution >= 0.6 is 0 Å². The maximum atomic E-state index is 12.1. The van der Waals surface area contributed by atoms with E-state index in [1.165, 1.54) is 0 Å². The number of phenolic OH excluding ortho intramolecular Hbond substituents is 1. The van der Waals surface area contributed by atoms with E-state index in [2.05, 4.69) is 0 Å². The average molecular weight is 225 g/mol. The summed E-state index contributed by atoms with van der Waals surface area (Å²) in [7, 11) is 1.72. The quantitative estimate of drug-likeness (QED) is 0.597. The number of fused-ring (bicyclic) bond motifs is 3. The number of aromatic hydroxyl groups is 1. The zero-order valence-electron chi connectivity index (χ0n) is 9.34. The number of rotatable bonds is 0. The van der Waals surface area contributed by atoms with E-state index in [0.717, 1.165) is 16.3 Å². The van der Waals surface area contributed by atoms with Gasteiger partial charge in [0.1, 0.15) is 5.75 Å². The fraction of sp³-hybridized carbons (Fsp3) is 0.0714. The molecule has 0 amide bonds. The molecule has 0 saturated carbocycles. The van der Waals surface area contributed by atoms with Gasteiger partial charge in [-0.15, -0.1) is 0 Å². The van der Waals surface area contributed by atoms with E-state index in [-0.39, 0.29) is 11.3 Å². The fourth-order valence-corrected chi connectivity index (χ4v) is 2.26. The summed E-state index contributed by atoms with van der Waals surface area (Å²) in [5.74, 6) is 0.203. The van der Waals surface area contributed by atoms with Crippen molar-refractivity contribution in [2.75, 3.05) is 0 Å². The van der Waals surface area contributed by atoms with Crippen molar-refractivity contribution in [3.63, 3.8) is 0 Å². The molecule has 0 fully saturated rings. The molecule has 0 unspecified atom stereocenters. The van der Waals surface area contributed by atoms with Crippen molar-refractivity contribution in [2.24, 2.45) is 7.05 Å². The number of aromatic nitrogens is 1. The Morgan fingerprint density at radius 2 is 1.71 bits per heavy atom. The van der Waals surface area contributed by atoms with Crippen LogP contribution in [-0.2, 0) is 7.05 Å². The molecule has 84 valence electrons. The highest BCUT2D eigenvalue weighted by molar-refractivity contribution is 6.08. The van der Waals surface area contributed by atoms with Crippen molar-refractivity contribution in [3.8, 4) is 5.75 Å². The second-order valence-electron chi connectivity index (χ2n) is 4.08. The monoisotopic (exact) mass is 225 g/mol. The second-order valence-corrected chi connectivity index (χ2v) is 4.08. The van der Waals surface area contributed by atoms with Gasteiger partial charge in [-0.2, -0.15) is 0 Å². The fourth-order valence-electron chi connectivity index (χ4n) is 2.26. The van der Waals surface area contributed by atoms with Crippen LogP contribution in [0.25, 0.3) is 21.7 Å². The molecule has 1 N–H and O–H groups in total. The van der Waals surface area contributed by atoms with Gasteiger partial charge in [-0.3, -0.25) is 4.79 Å². The van der Waals surface area contributed by atoms with E-state index in [0.29, 0.717) is 5.39 Å². The van der Waals surface area contributed by atoms with Crippen LogP contribution in [0.3, 0.4) is 0 Å². The molecular weight excluding hydrogens is 214 g/mol. The van der Waals surface area contributed by atoms with Crippen LogP contribution in [0, 0.1) is 0 Å². The number of pyridine rings is 1. The van der Waals surface area contributed by atoms with Crippen LogP contribution in [0.1, 0.15) is 0 Å². The maximum Gasteiger partial charge on any atom is 0.258 e. The van der Waals surface area contributed by atoms with Crippen molar-refractivity contribution in [3.05, 3.63) is 52.8 Å². The van der Waals surface area contributed by atoms with E-state index in [4.69, 9.17) is 0 Å². The number of nitrogens with zero attached hydrogens (tertiary/aromatic N) is 1. The Bertz CT molecular complexity index is 787. The largest absolute Gasteiger partial charge is 0.507 e. The standard InChI is InChI=1S/C14H11NO2/c1-15-11-7-4-8-12(16)13(11)9-5-2-3-6-10(9)14(15)17/h2-8,16H,1H3. The van der Waals surface area contributed by atoms with Gasteiger partial charge in [0.15, 0.2) is 0 Å². The topological polar surface area (TPSA) is 42.2 Å². The van der Waals surface area contributed by atoms with Crippen LogP contribution in [0.4, 0.5) is 0 Å². The Morgan fingerprint density at radius 3 is 2.47 bits per heavy atom. The van der Waals surface area contributed by atoms with Crippen molar-refractivity contribution >= 4 is 21.7 Å². The lowest BCUT2D eigenvalue weighted by molar-refractivity contribution is 0.482. The van der Waals surface area contributed by atoms with Gasteiger partial charge in [-0.05, 0) is 18.2 Å². The molecule has 3 rings (SSSR count). The molecule has 0 spiro atoms. The third-order valence-electron chi connectivity index (χ3n) is 3.11. The zero-order chi connectivity index (χ0) is 12.0. The van der Waals surface area contributed by atoms with Crippen molar-refractivity contribution in [1.29, 1.82) is 0 Å². The van der Waals surface area contributed by atoms with Crippen molar-refractivity contribution < 1.29 is 5.11 Å². The molecule has 3 nitrogen and oxygen atoms in total. The first-order valence-electron chi connectivity index (χ1n) is 5.39. The molecule has 0 aliphatic rings. The Balaban J connectivity index is 2.77. The van der Waals surface area contributed by atoms with Gasteiger partial charge in [0, 0.05) is 23.2 Å². The van der Waals surface area contributed by atoms with E-state index in [1.54, 1.807) is 29.8 Å². The Labute approximate surface area is 97.5 Å². The highest BCUT2D eigenvalue weighted by Crippen LogP contribution is 2.29. The van der Waals surface area contributed by atoms with Gasteiger partial charge in [0.05, 0.1) is 5.52 Å². The van der Waals surface area contributed by atoms with Gasteiger partial charge in [0.2, 0.25) is 0 Å². The Morgan fingerprint density at radius 1 is 1.00 bits per heavy atom. The van der Waals surface area contributed by atoms with E-state index >= 15 is 0 Å². The summed E-state index contributed by atoms with van der Waals surface area (Å²) in [5.41, 5.74) is 0.701. The molecule has 0 atom stereocenters. The summed E-state index contributed by atoms with van der Waals surface area (Å²) < 4.78 is 1.57. The first kappa shape index (κ1) is 9.90. The summed E-state index contributed by atoms with van der Waals surface area (Å²) in [4.78, 5) is 12.1. The zero-order valence-corrected chi connectivity index (χ0v) is 9.34. The number of hydrogen-bond donors (Lipinski definition) is 1. The third-order valence-corrected chi connectivity index (χ3v) is 3.11. The van der Waals surface area contributed by atoms with Gasteiger partial charge < -0.3 is 9.67 Å². The second kappa shape index (κ2) is 3.35. The normalized spacial score (nSPS) is 11.1. The molecular formula is C14H11NO2. The smallest absolute Gasteiger partial charge is 0.258 e. The number of phenols is 1. The predicted molar refractivity (Wildman–Crippen MR) is 68.4 cm³/mol. The lowest BCUT2D eigenvalue weighted by atomic mass is 10.1. The van der Waals surface area contributed by atoms with Crippen LogP contribution in [0.5, 0.6) is 5.75 Å². The molecule has 1 heterocycles. The lowest BCUT2D eigenvalue weighted by Gasteiger charge is -2.09. The van der Waals surface area contributed by atoms with Crippen molar-refractivity contribution in [2.45, 2.75) is 0 Å². The summed E-state index contributed by atoms with van der Waals surface area (Å²) >= 11 is 0. The molecule has 0 bridgehead atoms. The molecule has 2 aromatic carbocycles. The first-order chi connectivity index (χ1) is 8.20. The summed E-state index contributed by atoms with van der Waals surface area (Å²) in [6.45, 7) is 0. The number of benzene rings is 2. The van der Waals surface area contributed by atoms with E-state index in [9.17, 15) is 9.90 Å². The molecule has 0 saturated heterocycles. The molecule has 3 aromatic rings. The minimum Gasteiger partial charge on any atom is -0.507 e. The van der Waals surface area contributed by atoms with Gasteiger partial charge in [-0.25, -0.2) is 0 Å². The minimum atomic E-state index is -0.0429. The van der Waals surface area contributed by atoms with Gasteiger partial charge >= 0.3 is 0 Å². The van der Waals surface area contributed by atoms with Gasteiger partial charge in [-0.1, -0.05) is 24.3 Å². The molecule has 0 aliphatic heterocycles. The van der Waals surface area contributed by atoms with Crippen LogP contribution < -0.4 is 5.56 Å². The van der Waals surface area contributed by atoms with Crippen molar-refractivity contribution in [1.82, 2.24) is 4.57 Å². The van der Waals surface area contributed by atoms with Gasteiger partial charge in [0.25, 0.3) is 5.56 Å². The highest BCUT2D eigenvalue weighted by atomic mass is 16.3. The first-order valence-corrected chi connectivity index (χ1v) is 5.39. The summed E-state index contributed by atoms with van der Waals surface area (Å²) in [6, 6.07) is 12.6. The summed E-state index contributed by atoms with van der Waals surface area (Å²) in [6.07, 6.45) is 0. The Hall–Kier alpha value is -2.29. The van der Waals surface area contributed by atoms with E-state index in [1.807, 2.05) is 24.3 Å². The lowest BCUT2D eigenvalue weighted by Crippen LogP contribution is -2.17. The SMILES string of the molecule is Cn1c(=O)c2ccccc2c2c(O)cccc21. The number of aryl methyl sites for hydroxylation is 1. The van der Waals surface area contributed by atoms with Crippen LogP contribution in [0.15, 0.2) is 47.3 Å². The van der Waals surface area contributed by atoms with Crippen LogP contribution in [0.2, 0.25) is 0 Å². The highest BCUT2D eigenvalue weighted by Gasteiger charge is 2.10. The molecule has 0 aliphatic carbocycles. The molecule has 17 heavy (non-hydrogen) atoms. The maximum absolute atomic E-state index is 12.1. The Kier molecular flexibility index (Phi) is 1.95. The minimum absolute atomic E-state index is 0.0429. The molecule has 1 aromatic heterocycles. The molecule has 0 radical (unpaired) electrons. The van der Waals surface area contributed by atoms with E-state index < -0.39 is 0 Å².